The number of alkyl halides is 1. The van der Waals surface area contributed by atoms with Gasteiger partial charge < -0.3 is 0 Å². The Morgan fingerprint density at radius 1 is 1.38 bits per heavy atom. The van der Waals surface area contributed by atoms with Crippen LogP contribution in [0.5, 0.6) is 0 Å². The largest absolute Gasteiger partial charge is 0.291 e. The van der Waals surface area contributed by atoms with E-state index < -0.39 is 4.95 Å². The van der Waals surface area contributed by atoms with Crippen molar-refractivity contribution in [2.75, 3.05) is 0 Å². The summed E-state index contributed by atoms with van der Waals surface area (Å²) >= 11 is 3.30. The molecule has 0 aliphatic rings. The van der Waals surface area contributed by atoms with Gasteiger partial charge in [-0.3, -0.25) is 4.79 Å². The number of aryl methyl sites for hydroxylation is 1. The van der Waals surface area contributed by atoms with E-state index in [4.69, 9.17) is 0 Å². The van der Waals surface area contributed by atoms with Crippen LogP contribution < -0.4 is 0 Å². The summed E-state index contributed by atoms with van der Waals surface area (Å²) in [5.74, 6) is -0.0366. The highest BCUT2D eigenvalue weighted by Crippen LogP contribution is 2.19. The molecule has 2 aromatic rings. The lowest BCUT2D eigenvalue weighted by molar-refractivity contribution is 0.0965. The van der Waals surface area contributed by atoms with E-state index in [2.05, 4.69) is 26.0 Å². The van der Waals surface area contributed by atoms with Gasteiger partial charge in [-0.2, -0.15) is 5.10 Å². The lowest BCUT2D eigenvalue weighted by Crippen LogP contribution is -2.14. The fraction of sp³-hybridized carbons (Fsp3) is 0.182. The minimum atomic E-state index is -0.502. The summed E-state index contributed by atoms with van der Waals surface area (Å²) in [5, 5.41) is 3.92. The van der Waals surface area contributed by atoms with Crippen LogP contribution in [0.2, 0.25) is 0 Å². The van der Waals surface area contributed by atoms with Gasteiger partial charge in [-0.15, -0.1) is 0 Å². The zero-order valence-electron chi connectivity index (χ0n) is 8.67. The monoisotopic (exact) mass is 279 g/mol. The molecule has 0 saturated carbocycles. The third-order valence-electron chi connectivity index (χ3n) is 2.22. The van der Waals surface area contributed by atoms with E-state index in [1.165, 1.54) is 17.3 Å². The summed E-state index contributed by atoms with van der Waals surface area (Å²) < 4.78 is 1.47. The number of rotatable bonds is 3. The molecule has 1 heterocycles. The predicted molar refractivity (Wildman–Crippen MR) is 63.5 cm³/mol. The van der Waals surface area contributed by atoms with Gasteiger partial charge in [0.25, 0.3) is 0 Å². The van der Waals surface area contributed by atoms with Crippen LogP contribution in [-0.4, -0.2) is 20.5 Å². The number of carbonyl (C=O) groups excluding carboxylic acids is 1. The second kappa shape index (κ2) is 4.57. The molecule has 0 aliphatic carbocycles. The number of benzene rings is 1. The number of hydrogen-bond donors (Lipinski definition) is 0. The van der Waals surface area contributed by atoms with Crippen molar-refractivity contribution in [3.05, 3.63) is 48.0 Å². The lowest BCUT2D eigenvalue weighted by Gasteiger charge is -2.08. The van der Waals surface area contributed by atoms with E-state index in [1.807, 2.05) is 31.2 Å². The number of nitrogens with zero attached hydrogens (tertiary/aromatic N) is 3. The highest BCUT2D eigenvalue weighted by molar-refractivity contribution is 9.09. The van der Waals surface area contributed by atoms with Gasteiger partial charge in [0.15, 0.2) is 10.7 Å². The molecule has 0 bridgehead atoms. The molecule has 82 valence electrons. The van der Waals surface area contributed by atoms with Crippen LogP contribution in [0.1, 0.15) is 20.9 Å². The number of Topliss-reactive ketones (excluding diaryl/α,β-unsaturated/α-hetero) is 1. The van der Waals surface area contributed by atoms with Gasteiger partial charge in [-0.25, -0.2) is 9.67 Å². The van der Waals surface area contributed by atoms with Gasteiger partial charge in [-0.05, 0) is 6.92 Å². The molecule has 5 heteroatoms. The molecule has 0 radical (unpaired) electrons. The van der Waals surface area contributed by atoms with E-state index in [-0.39, 0.29) is 5.78 Å². The number of aromatic nitrogens is 3. The van der Waals surface area contributed by atoms with E-state index in [0.717, 1.165) is 5.56 Å². The summed E-state index contributed by atoms with van der Waals surface area (Å²) in [5.41, 5.74) is 1.78. The second-order valence-corrected chi connectivity index (χ2v) is 4.31. The van der Waals surface area contributed by atoms with Crippen LogP contribution in [0, 0.1) is 6.92 Å². The SMILES string of the molecule is Cc1ccc(C(=O)C(Br)n2cncn2)cc1. The van der Waals surface area contributed by atoms with Crippen molar-refractivity contribution in [2.24, 2.45) is 0 Å². The molecule has 0 amide bonds. The van der Waals surface area contributed by atoms with Gasteiger partial charge in [-0.1, -0.05) is 45.8 Å². The number of hydrogen-bond acceptors (Lipinski definition) is 3. The second-order valence-electron chi connectivity index (χ2n) is 3.44. The molecule has 2 rings (SSSR count). The third kappa shape index (κ3) is 2.19. The molecule has 0 fully saturated rings. The van der Waals surface area contributed by atoms with Crippen molar-refractivity contribution in [2.45, 2.75) is 11.9 Å². The average molecular weight is 280 g/mol. The first-order chi connectivity index (χ1) is 7.68. The predicted octanol–water partition coefficient (Wildman–Crippen LogP) is 2.36. The van der Waals surface area contributed by atoms with Crippen molar-refractivity contribution in [1.29, 1.82) is 0 Å². The molecule has 1 aromatic heterocycles. The van der Waals surface area contributed by atoms with Crippen molar-refractivity contribution < 1.29 is 4.79 Å². The maximum atomic E-state index is 12.0. The highest BCUT2D eigenvalue weighted by atomic mass is 79.9. The van der Waals surface area contributed by atoms with Crippen molar-refractivity contribution in [1.82, 2.24) is 14.8 Å². The first kappa shape index (κ1) is 11.0. The van der Waals surface area contributed by atoms with Gasteiger partial charge in [0.05, 0.1) is 0 Å². The van der Waals surface area contributed by atoms with Crippen LogP contribution >= 0.6 is 15.9 Å². The zero-order valence-corrected chi connectivity index (χ0v) is 10.3. The van der Waals surface area contributed by atoms with Crippen LogP contribution in [0.15, 0.2) is 36.9 Å². The Bertz CT molecular complexity index is 478. The first-order valence-electron chi connectivity index (χ1n) is 4.77. The van der Waals surface area contributed by atoms with Gasteiger partial charge in [0.2, 0.25) is 0 Å². The molecule has 0 spiro atoms. The van der Waals surface area contributed by atoms with Gasteiger partial charge in [0, 0.05) is 5.56 Å². The van der Waals surface area contributed by atoms with E-state index in [0.29, 0.717) is 5.56 Å². The topological polar surface area (TPSA) is 47.8 Å². The molecule has 1 aromatic carbocycles. The summed E-state index contributed by atoms with van der Waals surface area (Å²) in [6, 6.07) is 7.44. The van der Waals surface area contributed by atoms with Crippen molar-refractivity contribution in [3.8, 4) is 0 Å². The summed E-state index contributed by atoms with van der Waals surface area (Å²) in [4.78, 5) is 15.3. The number of halogens is 1. The Kier molecular flexibility index (Phi) is 3.14. The van der Waals surface area contributed by atoms with Gasteiger partial charge in [0.1, 0.15) is 12.7 Å². The molecule has 0 aliphatic heterocycles. The van der Waals surface area contributed by atoms with Crippen LogP contribution in [0.3, 0.4) is 0 Å². The smallest absolute Gasteiger partial charge is 0.198 e. The first-order valence-corrected chi connectivity index (χ1v) is 5.69. The quantitative estimate of drug-likeness (QED) is 0.640. The Morgan fingerprint density at radius 2 is 2.06 bits per heavy atom. The molecule has 0 N–H and O–H groups in total. The van der Waals surface area contributed by atoms with Gasteiger partial charge >= 0.3 is 0 Å². The number of carbonyl (C=O) groups is 1. The van der Waals surface area contributed by atoms with E-state index >= 15 is 0 Å². The highest BCUT2D eigenvalue weighted by Gasteiger charge is 2.18. The Balaban J connectivity index is 2.22. The summed E-state index contributed by atoms with van der Waals surface area (Å²) in [6.07, 6.45) is 2.90. The Hall–Kier alpha value is -1.49. The van der Waals surface area contributed by atoms with Crippen LogP contribution in [0.25, 0.3) is 0 Å². The molecule has 1 atom stereocenters. The minimum Gasteiger partial charge on any atom is -0.291 e. The maximum absolute atomic E-state index is 12.0. The minimum absolute atomic E-state index is 0.0366. The molecular weight excluding hydrogens is 270 g/mol. The molecule has 1 unspecified atom stereocenters. The average Bonchev–Trinajstić information content (AvgIpc) is 2.81. The van der Waals surface area contributed by atoms with Crippen molar-refractivity contribution in [3.63, 3.8) is 0 Å². The van der Waals surface area contributed by atoms with Crippen molar-refractivity contribution >= 4 is 21.7 Å². The van der Waals surface area contributed by atoms with Crippen LogP contribution in [-0.2, 0) is 0 Å². The zero-order chi connectivity index (χ0) is 11.5. The number of ketones is 1. The lowest BCUT2D eigenvalue weighted by atomic mass is 10.1. The fourth-order valence-corrected chi connectivity index (χ4v) is 1.79. The maximum Gasteiger partial charge on any atom is 0.198 e. The fourth-order valence-electron chi connectivity index (χ4n) is 1.31. The van der Waals surface area contributed by atoms with E-state index in [1.54, 1.807) is 0 Å². The molecular formula is C11H10BrN3O. The summed E-state index contributed by atoms with van der Waals surface area (Å²) in [7, 11) is 0. The normalized spacial score (nSPS) is 12.4. The molecule has 0 saturated heterocycles. The van der Waals surface area contributed by atoms with E-state index in [9.17, 15) is 4.79 Å². The third-order valence-corrected chi connectivity index (χ3v) is 3.06. The Labute approximate surface area is 101 Å². The Morgan fingerprint density at radius 3 is 2.62 bits per heavy atom. The molecule has 16 heavy (non-hydrogen) atoms. The summed E-state index contributed by atoms with van der Waals surface area (Å²) in [6.45, 7) is 1.98. The standard InChI is InChI=1S/C11H10BrN3O/c1-8-2-4-9(5-3-8)10(16)11(12)15-7-13-6-14-15/h2-7,11H,1H3. The molecule has 4 nitrogen and oxygen atoms in total. The van der Waals surface area contributed by atoms with Crippen LogP contribution in [0.4, 0.5) is 0 Å².